The van der Waals surface area contributed by atoms with Crippen molar-refractivity contribution < 1.29 is 0 Å². The first kappa shape index (κ1) is 18.5. The maximum atomic E-state index is 4.45. The Morgan fingerprint density at radius 3 is 2.65 bits per heavy atom. The van der Waals surface area contributed by atoms with Crippen LogP contribution in [-0.4, -0.2) is 73.7 Å². The Morgan fingerprint density at radius 2 is 2.04 bits per heavy atom. The van der Waals surface area contributed by atoms with Crippen LogP contribution in [0.25, 0.3) is 0 Å². The number of piperidine rings is 1. The SMILES string of the molecule is CCN1CCCCC1CNC(=NC)NC1CN(C(C)C)CC1C. The van der Waals surface area contributed by atoms with Crippen LogP contribution < -0.4 is 10.6 Å². The normalized spacial score (nSPS) is 30.9. The number of nitrogens with zero attached hydrogens (tertiary/aromatic N) is 3. The number of aliphatic imine (C=N–C) groups is 1. The maximum Gasteiger partial charge on any atom is 0.191 e. The Kier molecular flexibility index (Phi) is 7.15. The van der Waals surface area contributed by atoms with E-state index in [0.29, 0.717) is 24.0 Å². The first-order valence-electron chi connectivity index (χ1n) is 9.50. The predicted molar refractivity (Wildman–Crippen MR) is 99.0 cm³/mol. The molecule has 2 rings (SSSR count). The number of hydrogen-bond donors (Lipinski definition) is 2. The van der Waals surface area contributed by atoms with Gasteiger partial charge in [-0.1, -0.05) is 20.3 Å². The van der Waals surface area contributed by atoms with Crippen molar-refractivity contribution in [2.45, 2.75) is 65.1 Å². The van der Waals surface area contributed by atoms with Crippen LogP contribution in [0, 0.1) is 5.92 Å². The van der Waals surface area contributed by atoms with E-state index in [9.17, 15) is 0 Å². The Labute approximate surface area is 142 Å². The Balaban J connectivity index is 1.81. The van der Waals surface area contributed by atoms with Gasteiger partial charge in [-0.25, -0.2) is 0 Å². The lowest BCUT2D eigenvalue weighted by molar-refractivity contribution is 0.157. The lowest BCUT2D eigenvalue weighted by Crippen LogP contribution is -2.51. The van der Waals surface area contributed by atoms with Crippen LogP contribution in [0.5, 0.6) is 0 Å². The minimum atomic E-state index is 0.497. The van der Waals surface area contributed by atoms with Gasteiger partial charge < -0.3 is 10.6 Å². The van der Waals surface area contributed by atoms with Crippen molar-refractivity contribution in [1.82, 2.24) is 20.4 Å². The molecule has 2 aliphatic heterocycles. The molecule has 0 spiro atoms. The van der Waals surface area contributed by atoms with Crippen molar-refractivity contribution in [3.63, 3.8) is 0 Å². The third-order valence-corrected chi connectivity index (χ3v) is 5.58. The van der Waals surface area contributed by atoms with Gasteiger partial charge in [0.25, 0.3) is 0 Å². The molecule has 0 radical (unpaired) electrons. The number of likely N-dealkylation sites (N-methyl/N-ethyl adjacent to an activating group) is 1. The predicted octanol–water partition coefficient (Wildman–Crippen LogP) is 1.75. The second-order valence-electron chi connectivity index (χ2n) is 7.51. The smallest absolute Gasteiger partial charge is 0.191 e. The first-order chi connectivity index (χ1) is 11.0. The van der Waals surface area contributed by atoms with E-state index in [-0.39, 0.29) is 0 Å². The summed E-state index contributed by atoms with van der Waals surface area (Å²) in [5.74, 6) is 1.63. The van der Waals surface area contributed by atoms with Crippen molar-refractivity contribution in [2.24, 2.45) is 10.9 Å². The minimum absolute atomic E-state index is 0.497. The summed E-state index contributed by atoms with van der Waals surface area (Å²) in [6.07, 6.45) is 4.01. The van der Waals surface area contributed by atoms with Gasteiger partial charge in [0.2, 0.25) is 0 Å². The Hall–Kier alpha value is -0.810. The van der Waals surface area contributed by atoms with E-state index >= 15 is 0 Å². The first-order valence-corrected chi connectivity index (χ1v) is 9.50. The summed E-state index contributed by atoms with van der Waals surface area (Å²) in [5, 5.41) is 7.23. The number of rotatable bonds is 5. The van der Waals surface area contributed by atoms with E-state index < -0.39 is 0 Å². The molecule has 2 fully saturated rings. The van der Waals surface area contributed by atoms with Crippen molar-refractivity contribution in [2.75, 3.05) is 39.8 Å². The van der Waals surface area contributed by atoms with E-state index in [4.69, 9.17) is 0 Å². The summed E-state index contributed by atoms with van der Waals surface area (Å²) >= 11 is 0. The van der Waals surface area contributed by atoms with Crippen molar-refractivity contribution in [1.29, 1.82) is 0 Å². The molecular formula is C18H37N5. The molecule has 0 bridgehead atoms. The number of likely N-dealkylation sites (tertiary alicyclic amines) is 2. The topological polar surface area (TPSA) is 42.9 Å². The second kappa shape index (κ2) is 8.88. The van der Waals surface area contributed by atoms with Crippen molar-refractivity contribution >= 4 is 5.96 Å². The van der Waals surface area contributed by atoms with Crippen LogP contribution in [0.4, 0.5) is 0 Å². The molecular weight excluding hydrogens is 286 g/mol. The molecule has 5 nitrogen and oxygen atoms in total. The number of guanidine groups is 1. The number of hydrogen-bond acceptors (Lipinski definition) is 3. The summed E-state index contributed by atoms with van der Waals surface area (Å²) < 4.78 is 0. The second-order valence-corrected chi connectivity index (χ2v) is 7.51. The highest BCUT2D eigenvalue weighted by Crippen LogP contribution is 2.19. The average Bonchev–Trinajstić information content (AvgIpc) is 2.92. The van der Waals surface area contributed by atoms with Crippen LogP contribution in [0.3, 0.4) is 0 Å². The molecule has 0 amide bonds. The van der Waals surface area contributed by atoms with Gasteiger partial charge in [-0.3, -0.25) is 14.8 Å². The van der Waals surface area contributed by atoms with Gasteiger partial charge in [0.15, 0.2) is 5.96 Å². The minimum Gasteiger partial charge on any atom is -0.355 e. The zero-order valence-corrected chi connectivity index (χ0v) is 15.8. The van der Waals surface area contributed by atoms with E-state index in [2.05, 4.69) is 53.1 Å². The fraction of sp³-hybridized carbons (Fsp3) is 0.944. The largest absolute Gasteiger partial charge is 0.355 e. The summed E-state index contributed by atoms with van der Waals surface area (Å²) in [5.41, 5.74) is 0. The van der Waals surface area contributed by atoms with E-state index in [1.807, 2.05) is 7.05 Å². The van der Waals surface area contributed by atoms with Gasteiger partial charge in [-0.2, -0.15) is 0 Å². The van der Waals surface area contributed by atoms with E-state index in [1.54, 1.807) is 0 Å². The molecule has 2 heterocycles. The number of nitrogens with one attached hydrogen (secondary N) is 2. The van der Waals surface area contributed by atoms with E-state index in [0.717, 1.165) is 25.6 Å². The molecule has 0 aromatic carbocycles. The summed E-state index contributed by atoms with van der Waals surface area (Å²) in [4.78, 5) is 9.60. The molecule has 23 heavy (non-hydrogen) atoms. The molecule has 0 aromatic heterocycles. The fourth-order valence-electron chi connectivity index (χ4n) is 3.91. The molecule has 0 aromatic rings. The quantitative estimate of drug-likeness (QED) is 0.598. The van der Waals surface area contributed by atoms with Crippen LogP contribution in [0.2, 0.25) is 0 Å². The monoisotopic (exact) mass is 323 g/mol. The highest BCUT2D eigenvalue weighted by Gasteiger charge is 2.31. The highest BCUT2D eigenvalue weighted by atomic mass is 15.3. The van der Waals surface area contributed by atoms with Crippen molar-refractivity contribution in [3.8, 4) is 0 Å². The summed E-state index contributed by atoms with van der Waals surface area (Å²) in [6, 6.07) is 1.78. The summed E-state index contributed by atoms with van der Waals surface area (Å²) in [7, 11) is 1.88. The molecule has 5 heteroatoms. The van der Waals surface area contributed by atoms with Gasteiger partial charge in [0, 0.05) is 44.8 Å². The molecule has 3 atom stereocenters. The van der Waals surface area contributed by atoms with Gasteiger partial charge >= 0.3 is 0 Å². The third kappa shape index (κ3) is 5.08. The Morgan fingerprint density at radius 1 is 1.26 bits per heavy atom. The average molecular weight is 324 g/mol. The maximum absolute atomic E-state index is 4.45. The van der Waals surface area contributed by atoms with Crippen LogP contribution in [0.1, 0.15) is 47.0 Å². The molecule has 2 aliphatic rings. The molecule has 0 aliphatic carbocycles. The summed E-state index contributed by atoms with van der Waals surface area (Å²) in [6.45, 7) is 14.9. The van der Waals surface area contributed by atoms with Crippen LogP contribution >= 0.6 is 0 Å². The standard InChI is InChI=1S/C18H37N5/c1-6-22-10-8-7-9-16(22)11-20-18(19-5)21-17-13-23(14(2)3)12-15(17)4/h14-17H,6-13H2,1-5H3,(H2,19,20,21). The van der Waals surface area contributed by atoms with Gasteiger partial charge in [0.05, 0.1) is 0 Å². The lowest BCUT2D eigenvalue weighted by Gasteiger charge is -2.35. The molecule has 3 unspecified atom stereocenters. The molecule has 134 valence electrons. The highest BCUT2D eigenvalue weighted by molar-refractivity contribution is 5.80. The van der Waals surface area contributed by atoms with Gasteiger partial charge in [-0.05, 0) is 45.7 Å². The third-order valence-electron chi connectivity index (χ3n) is 5.58. The zero-order chi connectivity index (χ0) is 16.8. The molecule has 2 saturated heterocycles. The van der Waals surface area contributed by atoms with Crippen LogP contribution in [0.15, 0.2) is 4.99 Å². The van der Waals surface area contributed by atoms with Gasteiger partial charge in [-0.15, -0.1) is 0 Å². The molecule has 0 saturated carbocycles. The lowest BCUT2D eigenvalue weighted by atomic mass is 10.0. The Bertz CT molecular complexity index is 382. The fourth-order valence-corrected chi connectivity index (χ4v) is 3.91. The zero-order valence-electron chi connectivity index (χ0n) is 15.8. The van der Waals surface area contributed by atoms with Crippen molar-refractivity contribution in [3.05, 3.63) is 0 Å². The van der Waals surface area contributed by atoms with Gasteiger partial charge in [0.1, 0.15) is 0 Å². The van der Waals surface area contributed by atoms with E-state index in [1.165, 1.54) is 32.4 Å². The molecule has 2 N–H and O–H groups in total. The van der Waals surface area contributed by atoms with Crippen LogP contribution in [-0.2, 0) is 0 Å².